The van der Waals surface area contributed by atoms with Gasteiger partial charge in [0.05, 0.1) is 18.1 Å². The van der Waals surface area contributed by atoms with Gasteiger partial charge in [-0.25, -0.2) is 8.42 Å². The average molecular weight is 227 g/mol. The van der Waals surface area contributed by atoms with Crippen molar-refractivity contribution in [3.63, 3.8) is 0 Å². The molecule has 0 saturated carbocycles. The summed E-state index contributed by atoms with van der Waals surface area (Å²) < 4.78 is 29.2. The summed E-state index contributed by atoms with van der Waals surface area (Å²) in [6.45, 7) is 0.509. The number of hydrogen-bond acceptors (Lipinski definition) is 4. The van der Waals surface area contributed by atoms with Crippen LogP contribution in [0.2, 0.25) is 0 Å². The summed E-state index contributed by atoms with van der Waals surface area (Å²) in [7, 11) is -3.34. The van der Waals surface area contributed by atoms with Crippen LogP contribution in [-0.2, 0) is 14.6 Å². The van der Waals surface area contributed by atoms with E-state index in [1.54, 1.807) is 30.3 Å². The molecule has 0 bridgehead atoms. The van der Waals surface area contributed by atoms with Crippen molar-refractivity contribution in [3.05, 3.63) is 30.3 Å². The van der Waals surface area contributed by atoms with E-state index in [4.69, 9.17) is 10.5 Å². The van der Waals surface area contributed by atoms with Crippen LogP contribution in [0.3, 0.4) is 0 Å². The maximum Gasteiger partial charge on any atom is 0.185 e. The number of sulfone groups is 1. The molecule has 1 aromatic carbocycles. The highest BCUT2D eigenvalue weighted by molar-refractivity contribution is 7.92. The molecular weight excluding hydrogens is 214 g/mol. The fraction of sp³-hybridized carbons (Fsp3) is 0.400. The molecule has 1 aliphatic heterocycles. The van der Waals surface area contributed by atoms with Crippen molar-refractivity contribution in [1.82, 2.24) is 0 Å². The van der Waals surface area contributed by atoms with Gasteiger partial charge in [-0.2, -0.15) is 0 Å². The van der Waals surface area contributed by atoms with Crippen molar-refractivity contribution in [3.8, 4) is 0 Å². The lowest BCUT2D eigenvalue weighted by molar-refractivity contribution is 0.194. The van der Waals surface area contributed by atoms with Gasteiger partial charge in [0, 0.05) is 6.04 Å². The minimum atomic E-state index is -3.34. The van der Waals surface area contributed by atoms with Gasteiger partial charge in [-0.15, -0.1) is 0 Å². The van der Waals surface area contributed by atoms with E-state index in [0.717, 1.165) is 0 Å². The number of benzene rings is 1. The molecule has 82 valence electrons. The highest BCUT2D eigenvalue weighted by atomic mass is 32.2. The number of rotatable bonds is 2. The van der Waals surface area contributed by atoms with E-state index in [1.807, 2.05) is 0 Å². The fourth-order valence-electron chi connectivity index (χ4n) is 1.66. The third kappa shape index (κ3) is 1.90. The topological polar surface area (TPSA) is 69.4 Å². The Morgan fingerprint density at radius 1 is 1.20 bits per heavy atom. The SMILES string of the molecule is NC1COCC1S(=O)(=O)c1ccccc1. The van der Waals surface area contributed by atoms with Gasteiger partial charge in [0.1, 0.15) is 5.25 Å². The van der Waals surface area contributed by atoms with E-state index in [1.165, 1.54) is 0 Å². The highest BCUT2D eigenvalue weighted by Gasteiger charge is 2.37. The first-order chi connectivity index (χ1) is 7.12. The average Bonchev–Trinajstić information content (AvgIpc) is 2.66. The molecule has 1 fully saturated rings. The molecule has 1 aliphatic rings. The summed E-state index contributed by atoms with van der Waals surface area (Å²) in [6, 6.07) is 7.93. The third-order valence-electron chi connectivity index (χ3n) is 2.54. The summed E-state index contributed by atoms with van der Waals surface area (Å²) in [5.74, 6) is 0. The van der Waals surface area contributed by atoms with E-state index >= 15 is 0 Å². The first-order valence-electron chi connectivity index (χ1n) is 4.74. The predicted molar refractivity (Wildman–Crippen MR) is 56.2 cm³/mol. The molecule has 15 heavy (non-hydrogen) atoms. The van der Waals surface area contributed by atoms with Gasteiger partial charge in [0.15, 0.2) is 9.84 Å². The summed E-state index contributed by atoms with van der Waals surface area (Å²) in [5.41, 5.74) is 5.70. The molecule has 2 atom stereocenters. The molecule has 1 heterocycles. The summed E-state index contributed by atoms with van der Waals surface area (Å²) in [6.07, 6.45) is 0. The largest absolute Gasteiger partial charge is 0.378 e. The Labute approximate surface area is 89.0 Å². The lowest BCUT2D eigenvalue weighted by atomic mass is 10.3. The maximum atomic E-state index is 12.1. The lowest BCUT2D eigenvalue weighted by Crippen LogP contribution is -2.39. The quantitative estimate of drug-likeness (QED) is 0.783. The van der Waals surface area contributed by atoms with Crippen LogP contribution in [-0.4, -0.2) is 32.9 Å². The molecular formula is C10H13NO3S. The second-order valence-electron chi connectivity index (χ2n) is 3.60. The van der Waals surface area contributed by atoms with Gasteiger partial charge in [-0.05, 0) is 12.1 Å². The molecule has 0 spiro atoms. The van der Waals surface area contributed by atoms with Crippen LogP contribution < -0.4 is 5.73 Å². The molecule has 0 radical (unpaired) electrons. The van der Waals surface area contributed by atoms with Gasteiger partial charge in [-0.1, -0.05) is 18.2 Å². The zero-order valence-corrected chi connectivity index (χ0v) is 8.98. The zero-order valence-electron chi connectivity index (χ0n) is 8.17. The predicted octanol–water partition coefficient (Wildman–Crippen LogP) is 0.186. The van der Waals surface area contributed by atoms with E-state index < -0.39 is 21.1 Å². The number of nitrogens with two attached hydrogens (primary N) is 1. The normalized spacial score (nSPS) is 26.7. The molecule has 4 nitrogen and oxygen atoms in total. The summed E-state index contributed by atoms with van der Waals surface area (Å²) in [4.78, 5) is 0.316. The van der Waals surface area contributed by atoms with Crippen molar-refractivity contribution < 1.29 is 13.2 Å². The Kier molecular flexibility index (Phi) is 2.77. The van der Waals surface area contributed by atoms with Gasteiger partial charge in [-0.3, -0.25) is 0 Å². The Bertz CT molecular complexity index is 429. The van der Waals surface area contributed by atoms with Crippen LogP contribution in [0.25, 0.3) is 0 Å². The second-order valence-corrected chi connectivity index (χ2v) is 5.76. The Morgan fingerprint density at radius 3 is 2.40 bits per heavy atom. The van der Waals surface area contributed by atoms with Crippen LogP contribution in [0, 0.1) is 0 Å². The van der Waals surface area contributed by atoms with E-state index in [9.17, 15) is 8.42 Å². The van der Waals surface area contributed by atoms with Crippen molar-refractivity contribution in [2.24, 2.45) is 5.73 Å². The van der Waals surface area contributed by atoms with Crippen LogP contribution in [0.15, 0.2) is 35.2 Å². The maximum absolute atomic E-state index is 12.1. The van der Waals surface area contributed by atoms with E-state index in [-0.39, 0.29) is 6.61 Å². The molecule has 5 heteroatoms. The van der Waals surface area contributed by atoms with E-state index in [0.29, 0.717) is 11.5 Å². The van der Waals surface area contributed by atoms with Crippen molar-refractivity contribution in [1.29, 1.82) is 0 Å². The van der Waals surface area contributed by atoms with Crippen molar-refractivity contribution >= 4 is 9.84 Å². The minimum absolute atomic E-state index is 0.193. The molecule has 0 amide bonds. The van der Waals surface area contributed by atoms with Crippen LogP contribution >= 0.6 is 0 Å². The Hall–Kier alpha value is -0.910. The minimum Gasteiger partial charge on any atom is -0.378 e. The molecule has 2 N–H and O–H groups in total. The molecule has 0 aliphatic carbocycles. The third-order valence-corrected chi connectivity index (χ3v) is 4.75. The molecule has 1 aromatic rings. The Morgan fingerprint density at radius 2 is 1.87 bits per heavy atom. The summed E-state index contributed by atoms with van der Waals surface area (Å²) in [5, 5.41) is -0.611. The zero-order chi connectivity index (χ0) is 10.9. The number of hydrogen-bond donors (Lipinski definition) is 1. The fourth-order valence-corrected chi connectivity index (χ4v) is 3.36. The van der Waals surface area contributed by atoms with Crippen molar-refractivity contribution in [2.75, 3.05) is 13.2 Å². The molecule has 2 unspecified atom stereocenters. The van der Waals surface area contributed by atoms with Crippen molar-refractivity contribution in [2.45, 2.75) is 16.2 Å². The van der Waals surface area contributed by atoms with Gasteiger partial charge >= 0.3 is 0 Å². The Balaban J connectivity index is 2.35. The first kappa shape index (κ1) is 10.6. The van der Waals surface area contributed by atoms with Gasteiger partial charge in [0.2, 0.25) is 0 Å². The van der Waals surface area contributed by atoms with E-state index in [2.05, 4.69) is 0 Å². The van der Waals surface area contributed by atoms with Gasteiger partial charge in [0.25, 0.3) is 0 Å². The lowest BCUT2D eigenvalue weighted by Gasteiger charge is -2.13. The van der Waals surface area contributed by atoms with Crippen LogP contribution in [0.5, 0.6) is 0 Å². The monoisotopic (exact) mass is 227 g/mol. The molecule has 0 aromatic heterocycles. The molecule has 1 saturated heterocycles. The number of ether oxygens (including phenoxy) is 1. The smallest absolute Gasteiger partial charge is 0.185 e. The second kappa shape index (κ2) is 3.92. The van der Waals surface area contributed by atoms with Crippen LogP contribution in [0.1, 0.15) is 0 Å². The first-order valence-corrected chi connectivity index (χ1v) is 6.29. The summed E-state index contributed by atoms with van der Waals surface area (Å²) >= 11 is 0. The highest BCUT2D eigenvalue weighted by Crippen LogP contribution is 2.21. The van der Waals surface area contributed by atoms with Gasteiger partial charge < -0.3 is 10.5 Å². The molecule has 2 rings (SSSR count). The standard InChI is InChI=1S/C10H13NO3S/c11-9-6-14-7-10(9)15(12,13)8-4-2-1-3-5-8/h1-5,9-10H,6-7,11H2. The van der Waals surface area contributed by atoms with Crippen LogP contribution in [0.4, 0.5) is 0 Å².